The topological polar surface area (TPSA) is 126 Å². The van der Waals surface area contributed by atoms with Crippen LogP contribution in [0.3, 0.4) is 0 Å². The first-order chi connectivity index (χ1) is 11.4. The number of carbonyl (C=O) groups is 1. The van der Waals surface area contributed by atoms with Crippen LogP contribution < -0.4 is 5.43 Å². The number of nitro benzene ring substituents is 1. The van der Waals surface area contributed by atoms with Gasteiger partial charge in [0.05, 0.1) is 22.2 Å². The third-order valence-corrected chi connectivity index (χ3v) is 3.28. The lowest BCUT2D eigenvalue weighted by Crippen LogP contribution is -2.19. The van der Waals surface area contributed by atoms with Gasteiger partial charge in [0.15, 0.2) is 0 Å². The third-order valence-electron chi connectivity index (χ3n) is 3.28. The normalized spacial score (nSPS) is 11.2. The summed E-state index contributed by atoms with van der Waals surface area (Å²) in [7, 11) is 0. The van der Waals surface area contributed by atoms with Gasteiger partial charge >= 0.3 is 0 Å². The summed E-state index contributed by atoms with van der Waals surface area (Å²) in [4.78, 5) is 29.9. The molecule has 3 rings (SSSR count). The number of furan rings is 1. The molecule has 0 aliphatic rings. The predicted molar refractivity (Wildman–Crippen MR) is 86.0 cm³/mol. The van der Waals surface area contributed by atoms with Crippen molar-refractivity contribution >= 4 is 28.8 Å². The monoisotopic (exact) mass is 327 g/mol. The Kier molecular flexibility index (Phi) is 3.82. The summed E-state index contributed by atoms with van der Waals surface area (Å²) >= 11 is 0. The fourth-order valence-electron chi connectivity index (χ4n) is 2.24. The summed E-state index contributed by atoms with van der Waals surface area (Å²) < 4.78 is 5.27. The van der Waals surface area contributed by atoms with Crippen molar-refractivity contribution < 1.29 is 14.1 Å². The number of hydrazone groups is 1. The van der Waals surface area contributed by atoms with Gasteiger partial charge in [-0.2, -0.15) is 5.10 Å². The molecule has 122 valence electrons. The lowest BCUT2D eigenvalue weighted by Gasteiger charge is -2.01. The third kappa shape index (κ3) is 3.00. The number of fused-ring (bicyclic) bond motifs is 1. The number of aryl methyl sites for hydroxylation is 2. The molecular formula is C15H13N5O4. The number of benzene rings is 1. The second-order valence-electron chi connectivity index (χ2n) is 5.11. The van der Waals surface area contributed by atoms with E-state index in [1.807, 2.05) is 0 Å². The van der Waals surface area contributed by atoms with Gasteiger partial charge in [-0.15, -0.1) is 0 Å². The SMILES string of the molecule is Cc1nc2cc(C(=O)N/N=C\c3ccc(C)o3)c([N+](=O)[O-])cc2[nH]1. The highest BCUT2D eigenvalue weighted by molar-refractivity contribution is 6.02. The molecule has 0 unspecified atom stereocenters. The van der Waals surface area contributed by atoms with E-state index in [0.717, 1.165) is 0 Å². The van der Waals surface area contributed by atoms with Crippen molar-refractivity contribution in [2.45, 2.75) is 13.8 Å². The number of carbonyl (C=O) groups excluding carboxylic acids is 1. The Hall–Kier alpha value is -3.49. The molecule has 9 nitrogen and oxygen atoms in total. The summed E-state index contributed by atoms with van der Waals surface area (Å²) in [5.74, 6) is 1.06. The zero-order chi connectivity index (χ0) is 17.3. The summed E-state index contributed by atoms with van der Waals surface area (Å²) in [6.45, 7) is 3.50. The average Bonchev–Trinajstić information content (AvgIpc) is 3.09. The molecule has 0 aliphatic carbocycles. The second kappa shape index (κ2) is 5.95. The van der Waals surface area contributed by atoms with Crippen LogP contribution in [0.25, 0.3) is 11.0 Å². The van der Waals surface area contributed by atoms with E-state index in [0.29, 0.717) is 28.4 Å². The Morgan fingerprint density at radius 3 is 2.88 bits per heavy atom. The Morgan fingerprint density at radius 2 is 2.21 bits per heavy atom. The summed E-state index contributed by atoms with van der Waals surface area (Å²) in [5.41, 5.74) is 2.76. The van der Waals surface area contributed by atoms with Gasteiger partial charge in [0.1, 0.15) is 22.9 Å². The van der Waals surface area contributed by atoms with Gasteiger partial charge in [0.2, 0.25) is 0 Å². The number of nitrogens with one attached hydrogen (secondary N) is 2. The minimum Gasteiger partial charge on any atom is -0.460 e. The van der Waals surface area contributed by atoms with Gasteiger partial charge in [-0.1, -0.05) is 0 Å². The van der Waals surface area contributed by atoms with Crippen LogP contribution in [-0.4, -0.2) is 27.0 Å². The molecule has 0 fully saturated rings. The lowest BCUT2D eigenvalue weighted by atomic mass is 10.1. The molecule has 0 radical (unpaired) electrons. The zero-order valence-corrected chi connectivity index (χ0v) is 12.9. The molecule has 2 N–H and O–H groups in total. The first-order valence-electron chi connectivity index (χ1n) is 6.98. The highest BCUT2D eigenvalue weighted by Gasteiger charge is 2.22. The molecule has 24 heavy (non-hydrogen) atoms. The van der Waals surface area contributed by atoms with Crippen LogP contribution in [0, 0.1) is 24.0 Å². The maximum Gasteiger partial charge on any atom is 0.284 e. The molecule has 0 spiro atoms. The van der Waals surface area contributed by atoms with Crippen molar-refractivity contribution in [3.63, 3.8) is 0 Å². The van der Waals surface area contributed by atoms with Crippen molar-refractivity contribution in [1.82, 2.24) is 15.4 Å². The molecule has 0 aliphatic heterocycles. The number of hydrogen-bond donors (Lipinski definition) is 2. The minimum atomic E-state index is -0.705. The summed E-state index contributed by atoms with van der Waals surface area (Å²) in [5, 5.41) is 15.0. The van der Waals surface area contributed by atoms with Crippen LogP contribution in [0.1, 0.15) is 27.7 Å². The molecule has 1 aromatic carbocycles. The van der Waals surface area contributed by atoms with Crippen LogP contribution in [0.4, 0.5) is 5.69 Å². The van der Waals surface area contributed by atoms with Gasteiger partial charge in [-0.3, -0.25) is 14.9 Å². The standard InChI is InChI=1S/C15H13N5O4/c1-8-3-4-10(24-8)7-16-19-15(21)11-5-12-13(18-9(2)17-12)6-14(11)20(22)23/h3-7H,1-2H3,(H,17,18)(H,19,21)/b16-7-. The Bertz CT molecular complexity index is 970. The van der Waals surface area contributed by atoms with Gasteiger partial charge in [-0.25, -0.2) is 10.4 Å². The summed E-state index contributed by atoms with van der Waals surface area (Å²) in [6, 6.07) is 6.08. The maximum absolute atomic E-state index is 12.2. The average molecular weight is 327 g/mol. The number of hydrogen-bond acceptors (Lipinski definition) is 6. The first-order valence-corrected chi connectivity index (χ1v) is 6.98. The van der Waals surface area contributed by atoms with Crippen LogP contribution in [0.15, 0.2) is 33.8 Å². The Morgan fingerprint density at radius 1 is 1.42 bits per heavy atom. The molecular weight excluding hydrogens is 314 g/mol. The molecule has 0 saturated heterocycles. The van der Waals surface area contributed by atoms with E-state index in [1.165, 1.54) is 18.3 Å². The molecule has 0 saturated carbocycles. The van der Waals surface area contributed by atoms with Gasteiger partial charge in [-0.05, 0) is 32.0 Å². The number of aromatic amines is 1. The van der Waals surface area contributed by atoms with E-state index < -0.39 is 10.8 Å². The van der Waals surface area contributed by atoms with Crippen molar-refractivity contribution in [2.75, 3.05) is 0 Å². The maximum atomic E-state index is 12.2. The molecule has 1 amide bonds. The largest absolute Gasteiger partial charge is 0.460 e. The second-order valence-corrected chi connectivity index (χ2v) is 5.11. The van der Waals surface area contributed by atoms with Gasteiger partial charge in [0.25, 0.3) is 11.6 Å². The van der Waals surface area contributed by atoms with Gasteiger partial charge < -0.3 is 9.40 Å². The number of rotatable bonds is 4. The van der Waals surface area contributed by atoms with E-state index in [1.54, 1.807) is 26.0 Å². The zero-order valence-electron chi connectivity index (χ0n) is 12.9. The summed E-state index contributed by atoms with van der Waals surface area (Å²) in [6.07, 6.45) is 1.31. The molecule has 2 heterocycles. The van der Waals surface area contributed by atoms with E-state index in [4.69, 9.17) is 4.42 Å². The molecule has 0 bridgehead atoms. The van der Waals surface area contributed by atoms with E-state index in [9.17, 15) is 14.9 Å². The van der Waals surface area contributed by atoms with Crippen LogP contribution in [-0.2, 0) is 0 Å². The smallest absolute Gasteiger partial charge is 0.284 e. The molecule has 3 aromatic rings. The van der Waals surface area contributed by atoms with Crippen molar-refractivity contribution in [1.29, 1.82) is 0 Å². The molecule has 9 heteroatoms. The number of imidazole rings is 1. The predicted octanol–water partition coefficient (Wildman–Crippen LogP) is 2.44. The highest BCUT2D eigenvalue weighted by Crippen LogP contribution is 2.24. The van der Waals surface area contributed by atoms with Crippen molar-refractivity contribution in [2.24, 2.45) is 5.10 Å². The highest BCUT2D eigenvalue weighted by atomic mass is 16.6. The fourth-order valence-corrected chi connectivity index (χ4v) is 2.24. The number of aromatic nitrogens is 2. The number of H-pyrrole nitrogens is 1. The number of amides is 1. The number of nitro groups is 1. The van der Waals surface area contributed by atoms with Gasteiger partial charge in [0, 0.05) is 6.07 Å². The quantitative estimate of drug-likeness (QED) is 0.432. The Balaban J connectivity index is 1.89. The van der Waals surface area contributed by atoms with E-state index in [2.05, 4.69) is 20.5 Å². The molecule has 2 aromatic heterocycles. The van der Waals surface area contributed by atoms with Crippen molar-refractivity contribution in [3.8, 4) is 0 Å². The van der Waals surface area contributed by atoms with Crippen molar-refractivity contribution in [3.05, 3.63) is 57.3 Å². The minimum absolute atomic E-state index is 0.119. The number of nitrogens with zero attached hydrogens (tertiary/aromatic N) is 3. The van der Waals surface area contributed by atoms with Crippen LogP contribution in [0.2, 0.25) is 0 Å². The fraction of sp³-hybridized carbons (Fsp3) is 0.133. The lowest BCUT2D eigenvalue weighted by molar-refractivity contribution is -0.385. The van der Waals surface area contributed by atoms with E-state index in [-0.39, 0.29) is 11.3 Å². The van der Waals surface area contributed by atoms with Crippen LogP contribution in [0.5, 0.6) is 0 Å². The molecule has 0 atom stereocenters. The van der Waals surface area contributed by atoms with E-state index >= 15 is 0 Å². The Labute approximate surface area is 135 Å². The van der Waals surface area contributed by atoms with Crippen LogP contribution >= 0.6 is 0 Å². The first kappa shape index (κ1) is 15.4.